The van der Waals surface area contributed by atoms with E-state index in [0.29, 0.717) is 16.1 Å². The third kappa shape index (κ3) is 1.93. The summed E-state index contributed by atoms with van der Waals surface area (Å²) in [5, 5.41) is 0.637. The summed E-state index contributed by atoms with van der Waals surface area (Å²) in [7, 11) is 0. The smallest absolute Gasteiger partial charge is 0.149 e. The monoisotopic (exact) mass is 254 g/mol. The number of rotatable bonds is 1. The van der Waals surface area contributed by atoms with E-state index in [1.165, 1.54) is 6.07 Å². The van der Waals surface area contributed by atoms with Gasteiger partial charge < -0.3 is 0 Å². The maximum Gasteiger partial charge on any atom is 0.149 e. The molecule has 2 aromatic rings. The lowest BCUT2D eigenvalue weighted by atomic mass is 10.0. The highest BCUT2D eigenvalue weighted by atomic mass is 35.5. The van der Waals surface area contributed by atoms with Crippen LogP contribution in [0.15, 0.2) is 36.4 Å². The Bertz CT molecular complexity index is 515. The van der Waals surface area contributed by atoms with Crippen LogP contribution in [0, 0.1) is 12.7 Å². The van der Waals surface area contributed by atoms with Crippen molar-refractivity contribution >= 4 is 23.2 Å². The van der Waals surface area contributed by atoms with Gasteiger partial charge in [0.25, 0.3) is 0 Å². The van der Waals surface area contributed by atoms with Crippen LogP contribution in [0.25, 0.3) is 11.1 Å². The fourth-order valence-corrected chi connectivity index (χ4v) is 2.17. The van der Waals surface area contributed by atoms with Crippen molar-refractivity contribution in [3.63, 3.8) is 0 Å². The molecule has 0 amide bonds. The van der Waals surface area contributed by atoms with Gasteiger partial charge in [-0.1, -0.05) is 47.5 Å². The molecule has 2 aromatic carbocycles. The van der Waals surface area contributed by atoms with Gasteiger partial charge in [-0.3, -0.25) is 0 Å². The predicted molar refractivity (Wildman–Crippen MR) is 66.6 cm³/mol. The molecule has 0 bridgehead atoms. The van der Waals surface area contributed by atoms with E-state index in [1.54, 1.807) is 18.2 Å². The number of hydrogen-bond acceptors (Lipinski definition) is 0. The summed E-state index contributed by atoms with van der Waals surface area (Å²) < 4.78 is 13.9. The van der Waals surface area contributed by atoms with Crippen molar-refractivity contribution in [1.29, 1.82) is 0 Å². The van der Waals surface area contributed by atoms with Crippen LogP contribution in [0.1, 0.15) is 5.56 Å². The Balaban J connectivity index is 2.73. The first-order valence-electron chi connectivity index (χ1n) is 4.80. The zero-order valence-electron chi connectivity index (χ0n) is 8.60. The van der Waals surface area contributed by atoms with Crippen LogP contribution in [0.3, 0.4) is 0 Å². The van der Waals surface area contributed by atoms with E-state index in [0.717, 1.165) is 5.56 Å². The Kier molecular flexibility index (Phi) is 3.17. The number of hydrogen-bond donors (Lipinski definition) is 0. The molecule has 0 aromatic heterocycles. The van der Waals surface area contributed by atoms with Gasteiger partial charge in [0, 0.05) is 16.1 Å². The Morgan fingerprint density at radius 3 is 2.25 bits per heavy atom. The summed E-state index contributed by atoms with van der Waals surface area (Å²) in [4.78, 5) is 0. The van der Waals surface area contributed by atoms with Crippen LogP contribution in [-0.4, -0.2) is 0 Å². The lowest BCUT2D eigenvalue weighted by molar-refractivity contribution is 0.631. The van der Waals surface area contributed by atoms with Gasteiger partial charge in [-0.2, -0.15) is 0 Å². The molecule has 0 nitrogen and oxygen atoms in total. The quantitative estimate of drug-likeness (QED) is 0.664. The molecule has 0 heterocycles. The second kappa shape index (κ2) is 4.44. The molecule has 0 unspecified atom stereocenters. The molecule has 0 N–H and O–H groups in total. The lowest BCUT2D eigenvalue weighted by Crippen LogP contribution is -1.89. The van der Waals surface area contributed by atoms with E-state index in [9.17, 15) is 4.39 Å². The van der Waals surface area contributed by atoms with Gasteiger partial charge in [-0.05, 0) is 24.6 Å². The third-order valence-corrected chi connectivity index (χ3v) is 3.05. The first-order valence-corrected chi connectivity index (χ1v) is 5.56. The predicted octanol–water partition coefficient (Wildman–Crippen LogP) is 5.11. The minimum absolute atomic E-state index is 0.108. The molecule has 0 atom stereocenters. The van der Waals surface area contributed by atoms with E-state index in [2.05, 4.69) is 0 Å². The van der Waals surface area contributed by atoms with Crippen molar-refractivity contribution in [2.24, 2.45) is 0 Å². The Morgan fingerprint density at radius 2 is 1.56 bits per heavy atom. The fourth-order valence-electron chi connectivity index (χ4n) is 1.67. The van der Waals surface area contributed by atoms with Crippen molar-refractivity contribution in [3.05, 3.63) is 57.8 Å². The molecule has 0 spiro atoms. The van der Waals surface area contributed by atoms with Crippen LogP contribution < -0.4 is 0 Å². The van der Waals surface area contributed by atoms with E-state index in [1.807, 2.05) is 19.1 Å². The van der Waals surface area contributed by atoms with Crippen molar-refractivity contribution in [2.45, 2.75) is 6.92 Å². The van der Waals surface area contributed by atoms with Crippen LogP contribution in [0.5, 0.6) is 0 Å². The van der Waals surface area contributed by atoms with Gasteiger partial charge in [-0.15, -0.1) is 0 Å². The molecule has 0 aliphatic carbocycles. The zero-order valence-corrected chi connectivity index (χ0v) is 10.1. The third-order valence-electron chi connectivity index (χ3n) is 2.44. The van der Waals surface area contributed by atoms with E-state index < -0.39 is 5.82 Å². The zero-order chi connectivity index (χ0) is 11.7. The molecule has 16 heavy (non-hydrogen) atoms. The van der Waals surface area contributed by atoms with Crippen LogP contribution in [-0.2, 0) is 0 Å². The standard InChI is InChI=1S/C13H9Cl2F/c1-8-4-2-6-10(14)12(8)9-5-3-7-11(15)13(9)16/h2-7H,1H3. The van der Waals surface area contributed by atoms with Crippen LogP contribution >= 0.6 is 23.2 Å². The van der Waals surface area contributed by atoms with Gasteiger partial charge >= 0.3 is 0 Å². The maximum absolute atomic E-state index is 13.9. The summed E-state index contributed by atoms with van der Waals surface area (Å²) in [5.41, 5.74) is 2.06. The first-order chi connectivity index (χ1) is 7.61. The molecule has 0 saturated heterocycles. The molecule has 0 radical (unpaired) electrons. The minimum atomic E-state index is -0.430. The summed E-state index contributed by atoms with van der Waals surface area (Å²) in [6, 6.07) is 10.4. The van der Waals surface area contributed by atoms with E-state index in [4.69, 9.17) is 23.2 Å². The van der Waals surface area contributed by atoms with Crippen LogP contribution in [0.2, 0.25) is 10.0 Å². The number of halogens is 3. The molecular formula is C13H9Cl2F. The molecule has 82 valence electrons. The molecule has 2 rings (SSSR count). The lowest BCUT2D eigenvalue weighted by Gasteiger charge is -2.10. The van der Waals surface area contributed by atoms with Crippen LogP contribution in [0.4, 0.5) is 4.39 Å². The summed E-state index contributed by atoms with van der Waals surface area (Å²) in [6.07, 6.45) is 0. The van der Waals surface area contributed by atoms with E-state index >= 15 is 0 Å². The van der Waals surface area contributed by atoms with Gasteiger partial charge in [0.05, 0.1) is 5.02 Å². The van der Waals surface area contributed by atoms with Gasteiger partial charge in [-0.25, -0.2) is 4.39 Å². The Morgan fingerprint density at radius 1 is 0.938 bits per heavy atom. The summed E-state index contributed by atoms with van der Waals surface area (Å²) in [6.45, 7) is 1.89. The number of aryl methyl sites for hydroxylation is 1. The first kappa shape index (κ1) is 11.4. The SMILES string of the molecule is Cc1cccc(Cl)c1-c1cccc(Cl)c1F. The molecule has 0 aliphatic heterocycles. The molecule has 0 fully saturated rings. The topological polar surface area (TPSA) is 0 Å². The largest absolute Gasteiger partial charge is 0.205 e. The molecule has 0 aliphatic rings. The summed E-state index contributed by atoms with van der Waals surface area (Å²) >= 11 is 11.8. The highest BCUT2D eigenvalue weighted by Crippen LogP contribution is 2.34. The van der Waals surface area contributed by atoms with Crippen molar-refractivity contribution < 1.29 is 4.39 Å². The Hall–Kier alpha value is -1.05. The average molecular weight is 255 g/mol. The molecule has 0 saturated carbocycles. The Labute approximate surface area is 104 Å². The second-order valence-corrected chi connectivity index (χ2v) is 4.35. The highest BCUT2D eigenvalue weighted by Gasteiger charge is 2.13. The average Bonchev–Trinajstić information content (AvgIpc) is 2.24. The molecule has 3 heteroatoms. The number of benzene rings is 2. The van der Waals surface area contributed by atoms with Gasteiger partial charge in [0.2, 0.25) is 0 Å². The second-order valence-electron chi connectivity index (χ2n) is 3.53. The minimum Gasteiger partial charge on any atom is -0.205 e. The van der Waals surface area contributed by atoms with Crippen molar-refractivity contribution in [1.82, 2.24) is 0 Å². The maximum atomic E-state index is 13.9. The highest BCUT2D eigenvalue weighted by molar-refractivity contribution is 6.34. The molecular weight excluding hydrogens is 246 g/mol. The normalized spacial score (nSPS) is 10.5. The van der Waals surface area contributed by atoms with Gasteiger partial charge in [0.15, 0.2) is 0 Å². The van der Waals surface area contributed by atoms with E-state index in [-0.39, 0.29) is 5.02 Å². The van der Waals surface area contributed by atoms with Gasteiger partial charge in [0.1, 0.15) is 5.82 Å². The van der Waals surface area contributed by atoms with Crippen molar-refractivity contribution in [3.8, 4) is 11.1 Å². The van der Waals surface area contributed by atoms with Crippen molar-refractivity contribution in [2.75, 3.05) is 0 Å². The fraction of sp³-hybridized carbons (Fsp3) is 0.0769. The summed E-state index contributed by atoms with van der Waals surface area (Å²) in [5.74, 6) is -0.430.